The average Bonchev–Trinajstić information content (AvgIpc) is 2.49. The quantitative estimate of drug-likeness (QED) is 0.480. The summed E-state index contributed by atoms with van der Waals surface area (Å²) in [6.07, 6.45) is -4.97. The van der Waals surface area contributed by atoms with Gasteiger partial charge in [-0.3, -0.25) is 10.1 Å². The Morgan fingerprint density at radius 1 is 1.24 bits per heavy atom. The Morgan fingerprint density at radius 2 is 1.88 bits per heavy atom. The van der Waals surface area contributed by atoms with Crippen molar-refractivity contribution in [3.63, 3.8) is 0 Å². The van der Waals surface area contributed by atoms with E-state index < -0.39 is 21.7 Å². The molecule has 0 aromatic heterocycles. The van der Waals surface area contributed by atoms with Crippen LogP contribution in [0.4, 0.5) is 18.9 Å². The van der Waals surface area contributed by atoms with Crippen LogP contribution in [-0.2, 0) is 12.6 Å². The molecule has 2 aromatic carbocycles. The van der Waals surface area contributed by atoms with Gasteiger partial charge in [0.05, 0.1) is 33.0 Å². The predicted molar refractivity (Wildman–Crippen MR) is 87.6 cm³/mol. The summed E-state index contributed by atoms with van der Waals surface area (Å²) >= 11 is 12.0. The first kappa shape index (κ1) is 19.0. The number of rotatable bonds is 3. The SMILES string of the molecule is Cc1c(CC#N)cc(-c2ccc([N+](=O)[O-])cc2Cl)c(Cl)c1C(F)(F)F. The zero-order valence-corrected chi connectivity index (χ0v) is 14.1. The number of nitrogens with zero attached hydrogens (tertiary/aromatic N) is 2. The molecule has 0 amide bonds. The van der Waals surface area contributed by atoms with Crippen molar-refractivity contribution >= 4 is 28.9 Å². The highest BCUT2D eigenvalue weighted by molar-refractivity contribution is 6.37. The lowest BCUT2D eigenvalue weighted by Crippen LogP contribution is -2.11. The fourth-order valence-electron chi connectivity index (χ4n) is 2.44. The minimum atomic E-state index is -4.73. The third-order valence-electron chi connectivity index (χ3n) is 3.64. The highest BCUT2D eigenvalue weighted by Crippen LogP contribution is 2.45. The average molecular weight is 389 g/mol. The number of hydrogen-bond donors (Lipinski definition) is 0. The van der Waals surface area contributed by atoms with Crippen molar-refractivity contribution in [2.75, 3.05) is 0 Å². The van der Waals surface area contributed by atoms with Crippen LogP contribution in [0.25, 0.3) is 11.1 Å². The summed E-state index contributed by atoms with van der Waals surface area (Å²) in [6, 6.07) is 6.54. The van der Waals surface area contributed by atoms with Crippen molar-refractivity contribution in [2.45, 2.75) is 19.5 Å². The Balaban J connectivity index is 2.80. The lowest BCUT2D eigenvalue weighted by atomic mass is 9.93. The standard InChI is InChI=1S/C16H9Cl2F3N2O2/c1-8-9(4-5-22)6-12(15(18)14(8)16(19,20)21)11-3-2-10(23(24)25)7-13(11)17/h2-3,6-7H,4H2,1H3. The fraction of sp³-hybridized carbons (Fsp3) is 0.188. The molecule has 0 aliphatic rings. The third kappa shape index (κ3) is 3.70. The van der Waals surface area contributed by atoms with E-state index in [1.807, 2.05) is 6.07 Å². The minimum absolute atomic E-state index is 0.0373. The van der Waals surface area contributed by atoms with E-state index in [0.29, 0.717) is 0 Å². The van der Waals surface area contributed by atoms with Gasteiger partial charge in [-0.2, -0.15) is 18.4 Å². The Labute approximate surface area is 150 Å². The molecule has 2 aromatic rings. The Kier molecular flexibility index (Phi) is 5.26. The molecule has 0 N–H and O–H groups in total. The maximum absolute atomic E-state index is 13.4. The molecule has 0 radical (unpaired) electrons. The van der Waals surface area contributed by atoms with Gasteiger partial charge in [-0.05, 0) is 30.2 Å². The summed E-state index contributed by atoms with van der Waals surface area (Å²) in [6.45, 7) is 1.24. The molecule has 0 spiro atoms. The smallest absolute Gasteiger partial charge is 0.258 e. The van der Waals surface area contributed by atoms with E-state index in [0.717, 1.165) is 12.1 Å². The number of nitriles is 1. The van der Waals surface area contributed by atoms with E-state index in [2.05, 4.69) is 0 Å². The highest BCUT2D eigenvalue weighted by Gasteiger charge is 2.37. The molecular formula is C16H9Cl2F3N2O2. The molecule has 0 atom stereocenters. The van der Waals surface area contributed by atoms with Crippen LogP contribution in [0.3, 0.4) is 0 Å². The van der Waals surface area contributed by atoms with Crippen molar-refractivity contribution in [1.29, 1.82) is 5.26 Å². The molecule has 0 unspecified atom stereocenters. The van der Waals surface area contributed by atoms with Gasteiger partial charge in [0.2, 0.25) is 0 Å². The van der Waals surface area contributed by atoms with Gasteiger partial charge in [0, 0.05) is 23.3 Å². The first-order valence-electron chi connectivity index (χ1n) is 6.78. The van der Waals surface area contributed by atoms with Crippen LogP contribution in [0.15, 0.2) is 24.3 Å². The van der Waals surface area contributed by atoms with Gasteiger partial charge in [0.1, 0.15) is 0 Å². The van der Waals surface area contributed by atoms with Gasteiger partial charge in [0.25, 0.3) is 5.69 Å². The summed E-state index contributed by atoms with van der Waals surface area (Å²) in [4.78, 5) is 10.1. The zero-order valence-electron chi connectivity index (χ0n) is 12.6. The largest absolute Gasteiger partial charge is 0.418 e. The van der Waals surface area contributed by atoms with Gasteiger partial charge < -0.3 is 0 Å². The lowest BCUT2D eigenvalue weighted by Gasteiger charge is -2.19. The van der Waals surface area contributed by atoms with Crippen LogP contribution in [0.1, 0.15) is 16.7 Å². The molecule has 0 aliphatic carbocycles. The van der Waals surface area contributed by atoms with E-state index in [-0.39, 0.29) is 39.4 Å². The molecule has 9 heteroatoms. The Hall–Kier alpha value is -2.30. The monoisotopic (exact) mass is 388 g/mol. The fourth-order valence-corrected chi connectivity index (χ4v) is 3.13. The summed E-state index contributed by atoms with van der Waals surface area (Å²) in [7, 11) is 0. The van der Waals surface area contributed by atoms with Crippen molar-refractivity contribution < 1.29 is 18.1 Å². The number of benzene rings is 2. The summed E-state index contributed by atoms with van der Waals surface area (Å²) in [5, 5.41) is 18.9. The second kappa shape index (κ2) is 6.90. The number of halogens is 5. The topological polar surface area (TPSA) is 66.9 Å². The van der Waals surface area contributed by atoms with Crippen LogP contribution in [0, 0.1) is 28.4 Å². The normalized spacial score (nSPS) is 11.2. The molecule has 0 saturated heterocycles. The predicted octanol–water partition coefficient (Wildman–Crippen LogP) is 5.96. The van der Waals surface area contributed by atoms with Crippen molar-refractivity contribution in [2.24, 2.45) is 0 Å². The number of hydrogen-bond acceptors (Lipinski definition) is 3. The van der Waals surface area contributed by atoms with E-state index in [1.54, 1.807) is 0 Å². The van der Waals surface area contributed by atoms with Crippen molar-refractivity contribution in [1.82, 2.24) is 0 Å². The van der Waals surface area contributed by atoms with Crippen LogP contribution in [0.5, 0.6) is 0 Å². The number of non-ortho nitro benzene ring substituents is 1. The van der Waals surface area contributed by atoms with E-state index in [9.17, 15) is 23.3 Å². The Morgan fingerprint density at radius 3 is 2.36 bits per heavy atom. The number of nitro benzene ring substituents is 1. The molecule has 25 heavy (non-hydrogen) atoms. The van der Waals surface area contributed by atoms with Gasteiger partial charge in [-0.1, -0.05) is 23.2 Å². The second-order valence-electron chi connectivity index (χ2n) is 5.15. The summed E-state index contributed by atoms with van der Waals surface area (Å²) < 4.78 is 40.2. The second-order valence-corrected chi connectivity index (χ2v) is 5.94. The third-order valence-corrected chi connectivity index (χ3v) is 4.34. The van der Waals surface area contributed by atoms with Gasteiger partial charge >= 0.3 is 6.18 Å². The lowest BCUT2D eigenvalue weighted by molar-refractivity contribution is -0.384. The highest BCUT2D eigenvalue weighted by atomic mass is 35.5. The Bertz CT molecular complexity index is 906. The van der Waals surface area contributed by atoms with Crippen molar-refractivity contribution in [3.8, 4) is 17.2 Å². The molecule has 0 bridgehead atoms. The zero-order chi connectivity index (χ0) is 18.9. The van der Waals surface area contributed by atoms with Crippen LogP contribution in [-0.4, -0.2) is 4.92 Å². The first-order valence-corrected chi connectivity index (χ1v) is 7.54. The van der Waals surface area contributed by atoms with Crippen LogP contribution < -0.4 is 0 Å². The van der Waals surface area contributed by atoms with Crippen LogP contribution >= 0.6 is 23.2 Å². The van der Waals surface area contributed by atoms with Gasteiger partial charge in [0.15, 0.2) is 0 Å². The maximum Gasteiger partial charge on any atom is 0.418 e. The summed E-state index contributed by atoms with van der Waals surface area (Å²) in [5.41, 5.74) is -1.26. The van der Waals surface area contributed by atoms with E-state index in [4.69, 9.17) is 28.5 Å². The molecule has 0 aliphatic heterocycles. The molecule has 0 fully saturated rings. The number of alkyl halides is 3. The molecule has 2 rings (SSSR count). The molecular weight excluding hydrogens is 380 g/mol. The van der Waals surface area contributed by atoms with Gasteiger partial charge in [-0.25, -0.2) is 0 Å². The molecule has 130 valence electrons. The van der Waals surface area contributed by atoms with Crippen LogP contribution in [0.2, 0.25) is 10.0 Å². The molecule has 0 heterocycles. The number of nitro groups is 1. The van der Waals surface area contributed by atoms with E-state index in [1.165, 1.54) is 19.1 Å². The van der Waals surface area contributed by atoms with Gasteiger partial charge in [-0.15, -0.1) is 0 Å². The first-order chi connectivity index (χ1) is 11.6. The summed E-state index contributed by atoms with van der Waals surface area (Å²) in [5.74, 6) is 0. The maximum atomic E-state index is 13.4. The molecule has 4 nitrogen and oxygen atoms in total. The van der Waals surface area contributed by atoms with E-state index >= 15 is 0 Å². The van der Waals surface area contributed by atoms with Crippen molar-refractivity contribution in [3.05, 3.63) is 61.1 Å². The minimum Gasteiger partial charge on any atom is -0.258 e. The molecule has 0 saturated carbocycles.